The number of carbonyl (C=O) groups excluding carboxylic acids is 1. The number of ether oxygens (including phenoxy) is 3. The van der Waals surface area contributed by atoms with Gasteiger partial charge in [-0.1, -0.05) is 51.1 Å². The molecule has 1 amide bonds. The monoisotopic (exact) mass is 502 g/mol. The molecule has 9 heteroatoms. The number of hydrogen-bond donors (Lipinski definition) is 2. The van der Waals surface area contributed by atoms with Crippen molar-refractivity contribution in [2.45, 2.75) is 83.4 Å². The summed E-state index contributed by atoms with van der Waals surface area (Å²) in [5, 5.41) is 13.5. The Morgan fingerprint density at radius 3 is 2.54 bits per heavy atom. The van der Waals surface area contributed by atoms with E-state index >= 15 is 0 Å². The lowest BCUT2D eigenvalue weighted by Crippen LogP contribution is -2.58. The third kappa shape index (κ3) is 6.61. The highest BCUT2D eigenvalue weighted by molar-refractivity contribution is 6.74. The number of nitrogens with zero attached hydrogens (tertiary/aromatic N) is 1. The summed E-state index contributed by atoms with van der Waals surface area (Å²) in [7, 11) is -0.694. The molecule has 1 aromatic heterocycles. The Hall–Kier alpha value is -2.46. The SMILES string of the molecule is COc1ccnc(C(=O)N[C@H]2C[C@@H](O[Si](C)(C)C(C)(C)C)O[C@@H](C)[C@@H]2OCc2ccccc2)c1O. The number of aromatic nitrogens is 1. The van der Waals surface area contributed by atoms with Crippen molar-refractivity contribution in [3.63, 3.8) is 0 Å². The van der Waals surface area contributed by atoms with Gasteiger partial charge in [0.25, 0.3) is 5.91 Å². The van der Waals surface area contributed by atoms with E-state index in [-0.39, 0.29) is 28.3 Å². The molecule has 4 atom stereocenters. The van der Waals surface area contributed by atoms with Gasteiger partial charge in [0, 0.05) is 18.7 Å². The molecule has 0 spiro atoms. The molecule has 0 saturated carbocycles. The number of methoxy groups -OCH3 is 1. The summed E-state index contributed by atoms with van der Waals surface area (Å²) in [4.78, 5) is 17.2. The number of hydrogen-bond acceptors (Lipinski definition) is 7. The second-order valence-corrected chi connectivity index (χ2v) is 15.2. The second-order valence-electron chi connectivity index (χ2n) is 10.4. The van der Waals surface area contributed by atoms with Crippen LogP contribution in [-0.4, -0.2) is 56.0 Å². The van der Waals surface area contributed by atoms with Crippen LogP contribution >= 0.6 is 0 Å². The van der Waals surface area contributed by atoms with E-state index in [4.69, 9.17) is 18.6 Å². The van der Waals surface area contributed by atoms with Gasteiger partial charge >= 0.3 is 0 Å². The fourth-order valence-corrected chi connectivity index (χ4v) is 4.95. The molecule has 2 heterocycles. The third-order valence-electron chi connectivity index (χ3n) is 6.83. The summed E-state index contributed by atoms with van der Waals surface area (Å²) in [5.74, 6) is -0.634. The molecule has 35 heavy (non-hydrogen) atoms. The average molecular weight is 503 g/mol. The van der Waals surface area contributed by atoms with Crippen LogP contribution in [-0.2, 0) is 20.5 Å². The van der Waals surface area contributed by atoms with Gasteiger partial charge < -0.3 is 29.1 Å². The van der Waals surface area contributed by atoms with Crippen LogP contribution in [0, 0.1) is 0 Å². The third-order valence-corrected chi connectivity index (χ3v) is 11.3. The van der Waals surface area contributed by atoms with Crippen molar-refractivity contribution in [2.24, 2.45) is 0 Å². The minimum absolute atomic E-state index is 0.00923. The van der Waals surface area contributed by atoms with Crippen molar-refractivity contribution in [2.75, 3.05) is 7.11 Å². The molecule has 1 fully saturated rings. The average Bonchev–Trinajstić information content (AvgIpc) is 2.78. The molecule has 192 valence electrons. The summed E-state index contributed by atoms with van der Waals surface area (Å²) in [5.41, 5.74) is 0.920. The smallest absolute Gasteiger partial charge is 0.274 e. The van der Waals surface area contributed by atoms with Gasteiger partial charge in [0.15, 0.2) is 25.5 Å². The number of carbonyl (C=O) groups is 1. The van der Waals surface area contributed by atoms with Gasteiger partial charge in [-0.2, -0.15) is 0 Å². The zero-order valence-corrected chi connectivity index (χ0v) is 22.7. The Balaban J connectivity index is 1.82. The highest BCUT2D eigenvalue weighted by Gasteiger charge is 2.44. The van der Waals surface area contributed by atoms with Crippen LogP contribution in [0.4, 0.5) is 0 Å². The highest BCUT2D eigenvalue weighted by Crippen LogP contribution is 2.39. The van der Waals surface area contributed by atoms with Crippen LogP contribution in [0.2, 0.25) is 18.1 Å². The van der Waals surface area contributed by atoms with E-state index in [2.05, 4.69) is 44.2 Å². The first kappa shape index (κ1) is 27.1. The first-order valence-corrected chi connectivity index (χ1v) is 14.9. The lowest BCUT2D eigenvalue weighted by atomic mass is 9.99. The summed E-state index contributed by atoms with van der Waals surface area (Å²) in [6.45, 7) is 13.2. The van der Waals surface area contributed by atoms with E-state index in [1.165, 1.54) is 19.4 Å². The standard InChI is InChI=1S/C26H38N2O6Si/c1-17-24(32-16-18-11-9-8-10-12-18)19(15-21(33-17)34-35(6,7)26(2,3)4)28-25(30)22-23(29)20(31-5)13-14-27-22/h8-14,17,19,21,24,29H,15-16H2,1-7H3,(H,28,30)/t17-,19-,21+,24-/m0/s1. The summed E-state index contributed by atoms with van der Waals surface area (Å²) >= 11 is 0. The second kappa shape index (κ2) is 11.1. The fraction of sp³-hybridized carbons (Fsp3) is 0.538. The van der Waals surface area contributed by atoms with Crippen molar-refractivity contribution < 1.29 is 28.5 Å². The topological polar surface area (TPSA) is 99.1 Å². The molecule has 0 radical (unpaired) electrons. The van der Waals surface area contributed by atoms with Crippen LogP contribution in [0.5, 0.6) is 11.5 Å². The van der Waals surface area contributed by atoms with Crippen LogP contribution < -0.4 is 10.1 Å². The Morgan fingerprint density at radius 1 is 1.23 bits per heavy atom. The molecule has 2 aromatic rings. The van der Waals surface area contributed by atoms with Crippen LogP contribution in [0.25, 0.3) is 0 Å². The predicted molar refractivity (Wildman–Crippen MR) is 136 cm³/mol. The van der Waals surface area contributed by atoms with Gasteiger partial charge in [-0.3, -0.25) is 4.79 Å². The van der Waals surface area contributed by atoms with Crippen molar-refractivity contribution in [1.82, 2.24) is 10.3 Å². The van der Waals surface area contributed by atoms with E-state index in [0.29, 0.717) is 13.0 Å². The molecule has 1 aromatic carbocycles. The molecular weight excluding hydrogens is 464 g/mol. The van der Waals surface area contributed by atoms with Crippen molar-refractivity contribution in [3.8, 4) is 11.5 Å². The van der Waals surface area contributed by atoms with Crippen molar-refractivity contribution >= 4 is 14.2 Å². The first-order chi connectivity index (χ1) is 16.4. The summed E-state index contributed by atoms with van der Waals surface area (Å²) in [6, 6.07) is 10.9. The molecule has 8 nitrogen and oxygen atoms in total. The van der Waals surface area contributed by atoms with Crippen LogP contribution in [0.15, 0.2) is 42.6 Å². The number of rotatable bonds is 8. The van der Waals surface area contributed by atoms with Crippen LogP contribution in [0.3, 0.4) is 0 Å². The van der Waals surface area contributed by atoms with E-state index in [9.17, 15) is 9.90 Å². The minimum Gasteiger partial charge on any atom is -0.503 e. The molecule has 1 aliphatic rings. The van der Waals surface area contributed by atoms with Gasteiger partial charge in [-0.15, -0.1) is 0 Å². The molecule has 0 aliphatic carbocycles. The number of aromatic hydroxyl groups is 1. The quantitative estimate of drug-likeness (QED) is 0.508. The zero-order valence-electron chi connectivity index (χ0n) is 21.7. The fourth-order valence-electron chi connectivity index (χ4n) is 3.79. The molecular formula is C26H38N2O6Si. The summed E-state index contributed by atoms with van der Waals surface area (Å²) in [6.07, 6.45) is 0.588. The zero-order chi connectivity index (χ0) is 25.8. The van der Waals surface area contributed by atoms with E-state index in [1.807, 2.05) is 37.3 Å². The van der Waals surface area contributed by atoms with Gasteiger partial charge in [0.05, 0.1) is 25.9 Å². The molecule has 0 unspecified atom stereocenters. The Kier molecular flexibility index (Phi) is 8.58. The van der Waals surface area contributed by atoms with Gasteiger partial charge in [-0.25, -0.2) is 4.98 Å². The first-order valence-electron chi connectivity index (χ1n) is 11.9. The number of pyridine rings is 1. The maximum Gasteiger partial charge on any atom is 0.274 e. The van der Waals surface area contributed by atoms with Crippen molar-refractivity contribution in [3.05, 3.63) is 53.9 Å². The van der Waals surface area contributed by atoms with E-state index < -0.39 is 32.7 Å². The number of nitrogens with one attached hydrogen (secondary N) is 1. The number of benzene rings is 1. The maximum atomic E-state index is 13.2. The normalized spacial score (nSPS) is 23.1. The predicted octanol–water partition coefficient (Wildman–Crippen LogP) is 4.64. The summed E-state index contributed by atoms with van der Waals surface area (Å²) < 4.78 is 24.2. The van der Waals surface area contributed by atoms with Gasteiger partial charge in [-0.05, 0) is 30.6 Å². The number of amides is 1. The molecule has 0 bridgehead atoms. The van der Waals surface area contributed by atoms with E-state index in [1.54, 1.807) is 0 Å². The maximum absolute atomic E-state index is 13.2. The molecule has 2 N–H and O–H groups in total. The molecule has 1 aliphatic heterocycles. The molecule has 1 saturated heterocycles. The minimum atomic E-state index is -2.12. The lowest BCUT2D eigenvalue weighted by molar-refractivity contribution is -0.208. The van der Waals surface area contributed by atoms with E-state index in [0.717, 1.165) is 5.56 Å². The van der Waals surface area contributed by atoms with Crippen molar-refractivity contribution in [1.29, 1.82) is 0 Å². The van der Waals surface area contributed by atoms with Crippen LogP contribution in [0.1, 0.15) is 50.2 Å². The largest absolute Gasteiger partial charge is 0.503 e. The highest BCUT2D eigenvalue weighted by atomic mass is 28.4. The Morgan fingerprint density at radius 2 is 1.91 bits per heavy atom. The Labute approximate surface area is 209 Å². The molecule has 3 rings (SSSR count). The van der Waals surface area contributed by atoms with Gasteiger partial charge in [0.2, 0.25) is 0 Å². The lowest BCUT2D eigenvalue weighted by Gasteiger charge is -2.45. The van der Waals surface area contributed by atoms with Gasteiger partial charge in [0.1, 0.15) is 12.4 Å². The Bertz CT molecular complexity index is 995.